The van der Waals surface area contributed by atoms with Gasteiger partial charge in [-0.3, -0.25) is 0 Å². The van der Waals surface area contributed by atoms with E-state index in [1.165, 1.54) is 19.3 Å². The molecule has 0 amide bonds. The lowest BCUT2D eigenvalue weighted by atomic mass is 9.88. The molecular formula is C13H21N3O. The second-order valence-corrected chi connectivity index (χ2v) is 4.80. The summed E-state index contributed by atoms with van der Waals surface area (Å²) in [6.45, 7) is 3.01. The topological polar surface area (TPSA) is 47.0 Å². The summed E-state index contributed by atoms with van der Waals surface area (Å²) in [5.41, 5.74) is 1.03. The summed E-state index contributed by atoms with van der Waals surface area (Å²) in [6, 6.07) is 0. The molecule has 2 rings (SSSR count). The van der Waals surface area contributed by atoms with Gasteiger partial charge in [0.1, 0.15) is 12.4 Å². The van der Waals surface area contributed by atoms with E-state index in [1.54, 1.807) is 6.33 Å². The molecule has 1 fully saturated rings. The Morgan fingerprint density at radius 3 is 3.00 bits per heavy atom. The van der Waals surface area contributed by atoms with Crippen molar-refractivity contribution in [1.82, 2.24) is 15.3 Å². The minimum atomic E-state index is 0.314. The maximum atomic E-state index is 6.06. The first-order valence-electron chi connectivity index (χ1n) is 6.41. The van der Waals surface area contributed by atoms with Gasteiger partial charge in [-0.25, -0.2) is 9.97 Å². The number of ether oxygens (including phenoxy) is 1. The average Bonchev–Trinajstić information content (AvgIpc) is 2.35. The third-order valence-electron chi connectivity index (χ3n) is 3.41. The Labute approximate surface area is 103 Å². The fraction of sp³-hybridized carbons (Fsp3) is 0.692. The Morgan fingerprint density at radius 2 is 2.24 bits per heavy atom. The molecule has 0 aromatic carbocycles. The lowest BCUT2D eigenvalue weighted by molar-refractivity contribution is 0.0961. The molecule has 0 saturated heterocycles. The summed E-state index contributed by atoms with van der Waals surface area (Å²) in [6.07, 6.45) is 8.69. The molecule has 4 nitrogen and oxygen atoms in total. The van der Waals surface area contributed by atoms with Crippen LogP contribution in [0.3, 0.4) is 0 Å². The predicted octanol–water partition coefficient (Wildman–Crippen LogP) is 2.15. The molecule has 1 aliphatic carbocycles. The molecule has 1 aromatic rings. The van der Waals surface area contributed by atoms with Gasteiger partial charge in [0.05, 0.1) is 0 Å². The van der Waals surface area contributed by atoms with E-state index in [4.69, 9.17) is 4.74 Å². The zero-order valence-corrected chi connectivity index (χ0v) is 10.6. The third kappa shape index (κ3) is 3.16. The highest BCUT2D eigenvalue weighted by Crippen LogP contribution is 2.28. The summed E-state index contributed by atoms with van der Waals surface area (Å²) < 4.78 is 6.06. The Morgan fingerprint density at radius 1 is 1.41 bits per heavy atom. The van der Waals surface area contributed by atoms with E-state index in [2.05, 4.69) is 22.2 Å². The highest BCUT2D eigenvalue weighted by Gasteiger charge is 2.24. The molecule has 2 atom stereocenters. The maximum absolute atomic E-state index is 6.06. The first-order valence-corrected chi connectivity index (χ1v) is 6.41. The zero-order valence-electron chi connectivity index (χ0n) is 10.6. The lowest BCUT2D eigenvalue weighted by Crippen LogP contribution is -2.29. The Kier molecular flexibility index (Phi) is 4.31. The molecule has 2 unspecified atom stereocenters. The average molecular weight is 235 g/mol. The minimum Gasteiger partial charge on any atom is -0.474 e. The molecule has 1 aromatic heterocycles. The molecule has 4 heteroatoms. The number of nitrogens with one attached hydrogen (secondary N) is 1. The standard InChI is InChI=1S/C13H21N3O/c1-10-5-3-4-6-12(10)17-13-11(7-14-2)8-15-9-16-13/h8-10,12,14H,3-7H2,1-2H3. The van der Waals surface area contributed by atoms with Crippen molar-refractivity contribution in [2.75, 3.05) is 7.05 Å². The molecule has 0 bridgehead atoms. The quantitative estimate of drug-likeness (QED) is 0.868. The number of nitrogens with zero attached hydrogens (tertiary/aromatic N) is 2. The van der Waals surface area contributed by atoms with Gasteiger partial charge in [-0.15, -0.1) is 0 Å². The molecule has 94 valence electrons. The van der Waals surface area contributed by atoms with Gasteiger partial charge in [-0.05, 0) is 32.2 Å². The van der Waals surface area contributed by atoms with Crippen LogP contribution in [0.5, 0.6) is 5.88 Å². The molecule has 1 saturated carbocycles. The summed E-state index contributed by atoms with van der Waals surface area (Å²) in [5, 5.41) is 3.11. The van der Waals surface area contributed by atoms with Crippen LogP contribution in [0.2, 0.25) is 0 Å². The second-order valence-electron chi connectivity index (χ2n) is 4.80. The van der Waals surface area contributed by atoms with Gasteiger partial charge >= 0.3 is 0 Å². The van der Waals surface area contributed by atoms with Crippen molar-refractivity contribution in [3.63, 3.8) is 0 Å². The van der Waals surface area contributed by atoms with Crippen molar-refractivity contribution in [2.24, 2.45) is 5.92 Å². The largest absolute Gasteiger partial charge is 0.474 e. The molecule has 1 aliphatic rings. The van der Waals surface area contributed by atoms with E-state index < -0.39 is 0 Å². The van der Waals surface area contributed by atoms with Gasteiger partial charge in [-0.1, -0.05) is 13.3 Å². The van der Waals surface area contributed by atoms with Gasteiger partial charge in [0.15, 0.2) is 0 Å². The van der Waals surface area contributed by atoms with Gasteiger partial charge in [0.25, 0.3) is 0 Å². The number of hydrogen-bond donors (Lipinski definition) is 1. The van der Waals surface area contributed by atoms with Crippen LogP contribution in [0, 0.1) is 5.92 Å². The summed E-state index contributed by atoms with van der Waals surface area (Å²) in [5.74, 6) is 1.37. The van der Waals surface area contributed by atoms with Gasteiger partial charge in [0.2, 0.25) is 5.88 Å². The highest BCUT2D eigenvalue weighted by molar-refractivity contribution is 5.22. The van der Waals surface area contributed by atoms with Crippen molar-refractivity contribution >= 4 is 0 Å². The van der Waals surface area contributed by atoms with Crippen molar-refractivity contribution in [3.05, 3.63) is 18.1 Å². The molecular weight excluding hydrogens is 214 g/mol. The van der Waals surface area contributed by atoms with Crippen LogP contribution in [0.25, 0.3) is 0 Å². The third-order valence-corrected chi connectivity index (χ3v) is 3.41. The van der Waals surface area contributed by atoms with E-state index in [0.29, 0.717) is 12.0 Å². The first-order chi connectivity index (χ1) is 8.31. The molecule has 1 heterocycles. The number of hydrogen-bond acceptors (Lipinski definition) is 4. The van der Waals surface area contributed by atoms with Gasteiger partial charge < -0.3 is 10.1 Å². The van der Waals surface area contributed by atoms with Crippen LogP contribution >= 0.6 is 0 Å². The van der Waals surface area contributed by atoms with Gasteiger partial charge in [0, 0.05) is 18.3 Å². The Balaban J connectivity index is 2.06. The van der Waals surface area contributed by atoms with E-state index in [1.807, 2.05) is 13.2 Å². The fourth-order valence-electron chi connectivity index (χ4n) is 2.37. The smallest absolute Gasteiger partial charge is 0.221 e. The van der Waals surface area contributed by atoms with Crippen LogP contribution in [0.1, 0.15) is 38.2 Å². The minimum absolute atomic E-state index is 0.314. The predicted molar refractivity (Wildman–Crippen MR) is 66.8 cm³/mol. The Hall–Kier alpha value is -1.16. The first kappa shape index (κ1) is 12.3. The number of rotatable bonds is 4. The SMILES string of the molecule is CNCc1cncnc1OC1CCCCC1C. The maximum Gasteiger partial charge on any atom is 0.221 e. The van der Waals surface area contributed by atoms with E-state index in [0.717, 1.165) is 24.4 Å². The van der Waals surface area contributed by atoms with Crippen LogP contribution in [0.4, 0.5) is 0 Å². The lowest BCUT2D eigenvalue weighted by Gasteiger charge is -2.29. The van der Waals surface area contributed by atoms with E-state index >= 15 is 0 Å². The summed E-state index contributed by atoms with van der Waals surface area (Å²) in [4.78, 5) is 8.30. The molecule has 0 radical (unpaired) electrons. The van der Waals surface area contributed by atoms with Crippen molar-refractivity contribution < 1.29 is 4.74 Å². The van der Waals surface area contributed by atoms with Gasteiger partial charge in [-0.2, -0.15) is 0 Å². The molecule has 1 N–H and O–H groups in total. The zero-order chi connectivity index (χ0) is 12.1. The number of aromatic nitrogens is 2. The normalized spacial score (nSPS) is 24.6. The van der Waals surface area contributed by atoms with E-state index in [9.17, 15) is 0 Å². The summed E-state index contributed by atoms with van der Waals surface area (Å²) in [7, 11) is 1.92. The summed E-state index contributed by atoms with van der Waals surface area (Å²) >= 11 is 0. The van der Waals surface area contributed by atoms with Crippen molar-refractivity contribution in [1.29, 1.82) is 0 Å². The molecule has 0 spiro atoms. The van der Waals surface area contributed by atoms with Crippen molar-refractivity contribution in [2.45, 2.75) is 45.3 Å². The molecule has 17 heavy (non-hydrogen) atoms. The molecule has 0 aliphatic heterocycles. The fourth-order valence-corrected chi connectivity index (χ4v) is 2.37. The second kappa shape index (κ2) is 5.96. The van der Waals surface area contributed by atoms with Crippen LogP contribution in [-0.2, 0) is 6.54 Å². The van der Waals surface area contributed by atoms with Crippen molar-refractivity contribution in [3.8, 4) is 5.88 Å². The van der Waals surface area contributed by atoms with Crippen LogP contribution in [-0.4, -0.2) is 23.1 Å². The van der Waals surface area contributed by atoms with E-state index in [-0.39, 0.29) is 0 Å². The van der Waals surface area contributed by atoms with Crippen LogP contribution < -0.4 is 10.1 Å². The Bertz CT molecular complexity index is 356. The highest BCUT2D eigenvalue weighted by atomic mass is 16.5. The van der Waals surface area contributed by atoms with Crippen LogP contribution in [0.15, 0.2) is 12.5 Å². The monoisotopic (exact) mass is 235 g/mol.